The van der Waals surface area contributed by atoms with Crippen molar-refractivity contribution in [2.75, 3.05) is 19.0 Å². The van der Waals surface area contributed by atoms with Crippen LogP contribution in [0.2, 0.25) is 0 Å². The number of hydrogen-bond donors (Lipinski definition) is 0. The molecule has 6 heteroatoms. The van der Waals surface area contributed by atoms with Crippen molar-refractivity contribution < 1.29 is 8.42 Å². The van der Waals surface area contributed by atoms with Gasteiger partial charge in [0, 0.05) is 0 Å². The summed E-state index contributed by atoms with van der Waals surface area (Å²) in [6.07, 6.45) is 0. The van der Waals surface area contributed by atoms with Crippen molar-refractivity contribution in [2.24, 2.45) is 3.37 Å². The average molecular weight is 496 g/mol. The normalized spacial score (nSPS) is 12.7. The molecule has 0 aliphatic carbocycles. The van der Waals surface area contributed by atoms with Crippen LogP contribution in [0.5, 0.6) is 0 Å². The summed E-state index contributed by atoms with van der Waals surface area (Å²) < 4.78 is 33.1. The number of fused-ring (bicyclic) bond motifs is 1. The van der Waals surface area contributed by atoms with Gasteiger partial charge in [-0.3, -0.25) is 0 Å². The third kappa shape index (κ3) is 4.47. The Morgan fingerprint density at radius 2 is 1.42 bits per heavy atom. The van der Waals surface area contributed by atoms with Crippen LogP contribution in [-0.2, 0) is 10.0 Å². The van der Waals surface area contributed by atoms with E-state index in [1.165, 1.54) is 0 Å². The Labute approximate surface area is 187 Å². The van der Waals surface area contributed by atoms with Gasteiger partial charge in [0.05, 0.1) is 0 Å². The summed E-state index contributed by atoms with van der Waals surface area (Å²) in [5.41, 5.74) is 2.07. The van der Waals surface area contributed by atoms with Crippen LogP contribution in [0.1, 0.15) is 5.56 Å². The van der Waals surface area contributed by atoms with E-state index < -0.39 is 23.7 Å². The first-order chi connectivity index (χ1) is 14.9. The Morgan fingerprint density at radius 1 is 0.774 bits per heavy atom. The molecule has 31 heavy (non-hydrogen) atoms. The summed E-state index contributed by atoms with van der Waals surface area (Å²) in [5, 5.41) is 2.14. The van der Waals surface area contributed by atoms with Gasteiger partial charge in [-0.1, -0.05) is 0 Å². The zero-order valence-corrected chi connectivity index (χ0v) is 20.2. The van der Waals surface area contributed by atoms with Gasteiger partial charge in [0.15, 0.2) is 0 Å². The maximum absolute atomic E-state index is 13.3. The van der Waals surface area contributed by atoms with E-state index in [2.05, 4.69) is 26.5 Å². The quantitative estimate of drug-likeness (QED) is 0.394. The summed E-state index contributed by atoms with van der Waals surface area (Å²) in [7, 11) is 0.199. The molecule has 0 N–H and O–H groups in total. The van der Waals surface area contributed by atoms with Gasteiger partial charge >= 0.3 is 188 Å². The maximum atomic E-state index is 13.3. The molecule has 4 aromatic carbocycles. The number of sulfonamides is 1. The van der Waals surface area contributed by atoms with Gasteiger partial charge in [-0.2, -0.15) is 0 Å². The molecule has 0 amide bonds. The number of rotatable bonds is 5. The third-order valence-electron chi connectivity index (χ3n) is 4.99. The second-order valence-corrected chi connectivity index (χ2v) is 13.1. The van der Waals surface area contributed by atoms with Crippen LogP contribution in [0.4, 0.5) is 5.69 Å². The van der Waals surface area contributed by atoms with E-state index in [0.717, 1.165) is 30.9 Å². The second-order valence-electron chi connectivity index (χ2n) is 7.49. The number of nitrogens with zero attached hydrogens (tertiary/aromatic N) is 2. The third-order valence-corrected chi connectivity index (χ3v) is 11.5. The van der Waals surface area contributed by atoms with E-state index in [1.54, 1.807) is 12.1 Å². The van der Waals surface area contributed by atoms with E-state index in [9.17, 15) is 8.42 Å². The van der Waals surface area contributed by atoms with Crippen molar-refractivity contribution >= 4 is 49.1 Å². The first-order valence-electron chi connectivity index (χ1n) is 9.90. The molecule has 158 valence electrons. The molecule has 0 fully saturated rings. The van der Waals surface area contributed by atoms with Gasteiger partial charge in [-0.05, 0) is 0 Å². The van der Waals surface area contributed by atoms with Crippen LogP contribution in [-0.4, -0.2) is 36.2 Å². The average Bonchev–Trinajstić information content (AvgIpc) is 2.77. The Balaban J connectivity index is 2.03. The van der Waals surface area contributed by atoms with Crippen LogP contribution in [0.15, 0.2) is 99.3 Å². The summed E-state index contributed by atoms with van der Waals surface area (Å²) in [6.45, 7) is 1.94. The zero-order chi connectivity index (χ0) is 22.0. The molecule has 0 aliphatic rings. The van der Waals surface area contributed by atoms with E-state index in [4.69, 9.17) is 0 Å². The predicted molar refractivity (Wildman–Crippen MR) is 131 cm³/mol. The monoisotopic (exact) mass is 496 g/mol. The van der Waals surface area contributed by atoms with Crippen LogP contribution in [0.3, 0.4) is 0 Å². The first kappa shape index (κ1) is 21.4. The molecule has 4 rings (SSSR count). The van der Waals surface area contributed by atoms with Crippen molar-refractivity contribution in [1.29, 1.82) is 0 Å². The van der Waals surface area contributed by atoms with Gasteiger partial charge < -0.3 is 0 Å². The molecule has 0 heterocycles. The fourth-order valence-corrected chi connectivity index (χ4v) is 9.90. The molecule has 0 aromatic heterocycles. The van der Waals surface area contributed by atoms with Crippen LogP contribution in [0.25, 0.3) is 10.8 Å². The molecule has 4 aromatic rings. The minimum absolute atomic E-state index is 0.232. The molecular formula is C25H24N2O2SSe. The Hall–Kier alpha value is -2.79. The van der Waals surface area contributed by atoms with E-state index in [0.29, 0.717) is 0 Å². The van der Waals surface area contributed by atoms with Gasteiger partial charge in [0.25, 0.3) is 0 Å². The summed E-state index contributed by atoms with van der Waals surface area (Å²) >= 11 is -2.29. The van der Waals surface area contributed by atoms with Crippen molar-refractivity contribution in [2.45, 2.75) is 11.8 Å². The molecule has 0 saturated heterocycles. The predicted octanol–water partition coefficient (Wildman–Crippen LogP) is 3.98. The topological polar surface area (TPSA) is 49.7 Å². The number of aryl methyl sites for hydroxylation is 1. The number of hydrogen-bond acceptors (Lipinski definition) is 3. The van der Waals surface area contributed by atoms with Crippen molar-refractivity contribution in [3.8, 4) is 0 Å². The Bertz CT molecular complexity index is 1360. The Morgan fingerprint density at radius 3 is 2.06 bits per heavy atom. The molecule has 0 bridgehead atoms. The molecule has 4 nitrogen and oxygen atoms in total. The van der Waals surface area contributed by atoms with Gasteiger partial charge in [-0.25, -0.2) is 0 Å². The zero-order valence-electron chi connectivity index (χ0n) is 17.7. The van der Waals surface area contributed by atoms with Crippen LogP contribution in [0, 0.1) is 6.92 Å². The van der Waals surface area contributed by atoms with Crippen molar-refractivity contribution in [3.63, 3.8) is 0 Å². The standard InChI is InChI=1S/C25H24N2O2SSe/c1-19-15-17-21(18-16-19)30(28,29)26-31(22-11-5-4-6-12-22)24-14-8-10-20-9-7-13-23(25(20)24)27(2)3/h4-18H,1-3H3. The second kappa shape index (κ2) is 8.75. The number of anilines is 1. The van der Waals surface area contributed by atoms with Gasteiger partial charge in [0.1, 0.15) is 0 Å². The SMILES string of the molecule is Cc1ccc(S(=O)(=O)/N=[Se](\c2ccccc2)c2cccc3cccc(N(C)C)c23)cc1. The fraction of sp³-hybridized carbons (Fsp3) is 0.120. The molecule has 0 aliphatic heterocycles. The van der Waals surface area contributed by atoms with E-state index >= 15 is 0 Å². The number of benzene rings is 4. The molecule has 0 spiro atoms. The summed E-state index contributed by atoms with van der Waals surface area (Å²) in [4.78, 5) is 2.30. The first-order valence-corrected chi connectivity index (χ1v) is 13.8. The van der Waals surface area contributed by atoms with Crippen molar-refractivity contribution in [3.05, 3.63) is 96.6 Å². The fourth-order valence-electron chi connectivity index (χ4n) is 3.43. The molecule has 0 saturated carbocycles. The molecular weight excluding hydrogens is 471 g/mol. The Kier molecular flexibility index (Phi) is 6.05. The van der Waals surface area contributed by atoms with E-state index in [1.807, 2.05) is 81.7 Å². The van der Waals surface area contributed by atoms with Gasteiger partial charge in [0.2, 0.25) is 0 Å². The molecule has 1 atom stereocenters. The van der Waals surface area contributed by atoms with Crippen LogP contribution >= 0.6 is 0 Å². The minimum atomic E-state index is -3.81. The van der Waals surface area contributed by atoms with Crippen molar-refractivity contribution in [1.82, 2.24) is 0 Å². The molecule has 0 radical (unpaired) electrons. The van der Waals surface area contributed by atoms with E-state index in [-0.39, 0.29) is 4.90 Å². The van der Waals surface area contributed by atoms with Gasteiger partial charge in [-0.15, -0.1) is 0 Å². The summed E-state index contributed by atoms with van der Waals surface area (Å²) in [6, 6.07) is 28.9. The molecule has 1 unspecified atom stereocenters. The summed E-state index contributed by atoms with van der Waals surface area (Å²) in [5.74, 6) is 0. The van der Waals surface area contributed by atoms with Crippen LogP contribution < -0.4 is 13.8 Å².